The van der Waals surface area contributed by atoms with E-state index >= 15 is 0 Å². The molecular weight excluding hydrogens is 282 g/mol. The Labute approximate surface area is 124 Å². The fourth-order valence-corrected chi connectivity index (χ4v) is 3.07. The van der Waals surface area contributed by atoms with E-state index in [-0.39, 0.29) is 5.41 Å². The lowest BCUT2D eigenvalue weighted by Crippen LogP contribution is -2.37. The van der Waals surface area contributed by atoms with Crippen LogP contribution >= 0.6 is 23.1 Å². The van der Waals surface area contributed by atoms with Gasteiger partial charge in [-0.15, -0.1) is 11.6 Å². The van der Waals surface area contributed by atoms with E-state index in [9.17, 15) is 0 Å². The SMILES string of the molecule is CC(C)(C)c1nsc(N2CCC(OCCCl)CC2)n1. The average Bonchev–Trinajstić information content (AvgIpc) is 2.86. The average molecular weight is 304 g/mol. The van der Waals surface area contributed by atoms with Gasteiger partial charge in [-0.3, -0.25) is 0 Å². The molecule has 0 amide bonds. The zero-order valence-corrected chi connectivity index (χ0v) is 13.4. The second-order valence-corrected chi connectivity index (χ2v) is 7.00. The summed E-state index contributed by atoms with van der Waals surface area (Å²) >= 11 is 7.14. The van der Waals surface area contributed by atoms with Crippen molar-refractivity contribution in [2.24, 2.45) is 0 Å². The molecule has 1 saturated heterocycles. The van der Waals surface area contributed by atoms with Crippen LogP contribution in [0.3, 0.4) is 0 Å². The van der Waals surface area contributed by atoms with Gasteiger partial charge in [0.1, 0.15) is 5.82 Å². The molecule has 1 fully saturated rings. The molecule has 4 nitrogen and oxygen atoms in total. The number of anilines is 1. The van der Waals surface area contributed by atoms with Crippen molar-refractivity contribution in [3.05, 3.63) is 5.82 Å². The van der Waals surface area contributed by atoms with E-state index in [0.29, 0.717) is 18.6 Å². The molecule has 19 heavy (non-hydrogen) atoms. The van der Waals surface area contributed by atoms with E-state index in [0.717, 1.165) is 36.9 Å². The normalized spacial score (nSPS) is 18.0. The lowest BCUT2D eigenvalue weighted by molar-refractivity contribution is 0.0472. The molecule has 6 heteroatoms. The summed E-state index contributed by atoms with van der Waals surface area (Å²) in [4.78, 5) is 6.98. The number of ether oxygens (including phenoxy) is 1. The van der Waals surface area contributed by atoms with Crippen molar-refractivity contribution < 1.29 is 4.74 Å². The van der Waals surface area contributed by atoms with Crippen molar-refractivity contribution in [2.75, 3.05) is 30.5 Å². The minimum absolute atomic E-state index is 0.0243. The number of nitrogens with zero attached hydrogens (tertiary/aromatic N) is 3. The Kier molecular flexibility index (Phi) is 5.03. The number of hydrogen-bond donors (Lipinski definition) is 0. The van der Waals surface area contributed by atoms with Crippen molar-refractivity contribution in [1.29, 1.82) is 0 Å². The van der Waals surface area contributed by atoms with Crippen LogP contribution in [0.1, 0.15) is 39.4 Å². The second-order valence-electron chi connectivity index (χ2n) is 5.90. The van der Waals surface area contributed by atoms with E-state index < -0.39 is 0 Å². The molecule has 1 aromatic heterocycles. The van der Waals surface area contributed by atoms with Crippen molar-refractivity contribution >= 4 is 28.3 Å². The molecule has 1 aliphatic rings. The zero-order chi connectivity index (χ0) is 13.9. The van der Waals surface area contributed by atoms with Crippen LogP contribution < -0.4 is 4.90 Å². The molecule has 0 radical (unpaired) electrons. The van der Waals surface area contributed by atoms with Crippen LogP contribution in [0.2, 0.25) is 0 Å². The van der Waals surface area contributed by atoms with Crippen LogP contribution in [0.25, 0.3) is 0 Å². The topological polar surface area (TPSA) is 38.2 Å². The van der Waals surface area contributed by atoms with Crippen LogP contribution in [0, 0.1) is 0 Å². The molecule has 0 bridgehead atoms. The highest BCUT2D eigenvalue weighted by atomic mass is 35.5. The number of alkyl halides is 1. The van der Waals surface area contributed by atoms with Gasteiger partial charge in [0.25, 0.3) is 0 Å². The van der Waals surface area contributed by atoms with Crippen LogP contribution in [-0.4, -0.2) is 41.0 Å². The third-order valence-corrected chi connectivity index (χ3v) is 4.16. The Balaban J connectivity index is 1.89. The summed E-state index contributed by atoms with van der Waals surface area (Å²) in [5, 5.41) is 1.04. The smallest absolute Gasteiger partial charge is 0.205 e. The second kappa shape index (κ2) is 6.37. The summed E-state index contributed by atoms with van der Waals surface area (Å²) in [6.45, 7) is 9.07. The molecule has 108 valence electrons. The summed E-state index contributed by atoms with van der Waals surface area (Å²) in [7, 11) is 0. The number of rotatable bonds is 4. The highest BCUT2D eigenvalue weighted by Gasteiger charge is 2.25. The molecule has 0 aliphatic carbocycles. The molecule has 2 heterocycles. The van der Waals surface area contributed by atoms with Gasteiger partial charge in [-0.1, -0.05) is 20.8 Å². The molecule has 0 aromatic carbocycles. The molecule has 1 aromatic rings. The molecule has 0 saturated carbocycles. The molecule has 1 aliphatic heterocycles. The Bertz CT molecular complexity index is 397. The van der Waals surface area contributed by atoms with Gasteiger partial charge in [0, 0.05) is 35.9 Å². The third kappa shape index (κ3) is 4.04. The van der Waals surface area contributed by atoms with E-state index in [4.69, 9.17) is 16.3 Å². The van der Waals surface area contributed by atoms with Gasteiger partial charge in [0.2, 0.25) is 5.13 Å². The Morgan fingerprint density at radius 3 is 2.58 bits per heavy atom. The quantitative estimate of drug-likeness (QED) is 0.801. The molecule has 0 unspecified atom stereocenters. The minimum atomic E-state index is 0.0243. The number of halogens is 1. The summed E-state index contributed by atoms with van der Waals surface area (Å²) in [6.07, 6.45) is 2.44. The first kappa shape index (κ1) is 15.0. The highest BCUT2D eigenvalue weighted by Crippen LogP contribution is 2.27. The first-order chi connectivity index (χ1) is 9.00. The van der Waals surface area contributed by atoms with Gasteiger partial charge in [0.05, 0.1) is 12.7 Å². The Morgan fingerprint density at radius 1 is 1.37 bits per heavy atom. The molecule has 0 atom stereocenters. The van der Waals surface area contributed by atoms with Crippen LogP contribution in [-0.2, 0) is 10.2 Å². The van der Waals surface area contributed by atoms with E-state index in [1.807, 2.05) is 0 Å². The van der Waals surface area contributed by atoms with Crippen molar-refractivity contribution in [1.82, 2.24) is 9.36 Å². The molecule has 0 spiro atoms. The number of aromatic nitrogens is 2. The first-order valence-corrected chi connectivity index (χ1v) is 8.08. The van der Waals surface area contributed by atoms with Gasteiger partial charge in [-0.25, -0.2) is 4.98 Å². The molecule has 0 N–H and O–H groups in total. The van der Waals surface area contributed by atoms with Gasteiger partial charge in [-0.05, 0) is 12.8 Å². The van der Waals surface area contributed by atoms with E-state index in [1.165, 1.54) is 11.5 Å². The van der Waals surface area contributed by atoms with E-state index in [1.54, 1.807) is 0 Å². The fourth-order valence-electron chi connectivity index (χ4n) is 2.07. The Morgan fingerprint density at radius 2 is 2.05 bits per heavy atom. The maximum Gasteiger partial charge on any atom is 0.205 e. The lowest BCUT2D eigenvalue weighted by Gasteiger charge is -2.31. The largest absolute Gasteiger partial charge is 0.377 e. The fraction of sp³-hybridized carbons (Fsp3) is 0.846. The number of hydrogen-bond acceptors (Lipinski definition) is 5. The Hall–Kier alpha value is -0.390. The predicted octanol–water partition coefficient (Wildman–Crippen LogP) is 3.06. The summed E-state index contributed by atoms with van der Waals surface area (Å²) in [5.74, 6) is 1.51. The molecular formula is C13H22ClN3OS. The van der Waals surface area contributed by atoms with Crippen molar-refractivity contribution in [2.45, 2.75) is 45.1 Å². The number of piperidine rings is 1. The van der Waals surface area contributed by atoms with Crippen LogP contribution in [0.15, 0.2) is 0 Å². The van der Waals surface area contributed by atoms with Gasteiger partial charge in [-0.2, -0.15) is 4.37 Å². The predicted molar refractivity (Wildman–Crippen MR) is 80.5 cm³/mol. The minimum Gasteiger partial charge on any atom is -0.377 e. The van der Waals surface area contributed by atoms with E-state index in [2.05, 4.69) is 35.0 Å². The highest BCUT2D eigenvalue weighted by molar-refractivity contribution is 7.09. The first-order valence-electron chi connectivity index (χ1n) is 6.77. The summed E-state index contributed by atoms with van der Waals surface area (Å²) < 4.78 is 10.2. The summed E-state index contributed by atoms with van der Waals surface area (Å²) in [6, 6.07) is 0. The van der Waals surface area contributed by atoms with Crippen LogP contribution in [0.5, 0.6) is 0 Å². The summed E-state index contributed by atoms with van der Waals surface area (Å²) in [5.41, 5.74) is 0.0243. The maximum atomic E-state index is 5.68. The zero-order valence-electron chi connectivity index (χ0n) is 11.9. The standard InChI is InChI=1S/C13H22ClN3OS/c1-13(2,3)11-15-12(19-16-11)17-7-4-10(5-8-17)18-9-6-14/h10H,4-9H2,1-3H3. The monoisotopic (exact) mass is 303 g/mol. The lowest BCUT2D eigenvalue weighted by atomic mass is 9.96. The van der Waals surface area contributed by atoms with Crippen molar-refractivity contribution in [3.63, 3.8) is 0 Å². The van der Waals surface area contributed by atoms with Crippen molar-refractivity contribution in [3.8, 4) is 0 Å². The maximum absolute atomic E-state index is 5.68. The van der Waals surface area contributed by atoms with Gasteiger partial charge in [0.15, 0.2) is 0 Å². The van der Waals surface area contributed by atoms with Gasteiger partial charge < -0.3 is 9.64 Å². The van der Waals surface area contributed by atoms with Crippen LogP contribution in [0.4, 0.5) is 5.13 Å². The van der Waals surface area contributed by atoms with Gasteiger partial charge >= 0.3 is 0 Å². The third-order valence-electron chi connectivity index (χ3n) is 3.23. The molecule has 2 rings (SSSR count).